The maximum Gasteiger partial charge on any atom is 0.254 e. The first-order valence-corrected chi connectivity index (χ1v) is 10.6. The topological polar surface area (TPSA) is 51.7 Å². The first kappa shape index (κ1) is 20.2. The van der Waals surface area contributed by atoms with Gasteiger partial charge in [-0.1, -0.05) is 25.1 Å². The zero-order valence-corrected chi connectivity index (χ0v) is 17.9. The van der Waals surface area contributed by atoms with Crippen LogP contribution in [-0.4, -0.2) is 42.6 Å². The van der Waals surface area contributed by atoms with Crippen molar-refractivity contribution in [2.24, 2.45) is 0 Å². The minimum absolute atomic E-state index is 0.0990. The van der Waals surface area contributed by atoms with E-state index in [0.717, 1.165) is 48.0 Å². The maximum absolute atomic E-state index is 13.6. The number of piperidine rings is 1. The number of hydrogen-bond donors (Lipinski definition) is 0. The number of likely N-dealkylation sites (tertiary alicyclic amines) is 1. The van der Waals surface area contributed by atoms with Crippen LogP contribution in [0.15, 0.2) is 48.5 Å². The molecule has 1 amide bonds. The molecule has 2 heterocycles. The lowest BCUT2D eigenvalue weighted by molar-refractivity contribution is 0.0610. The van der Waals surface area contributed by atoms with Gasteiger partial charge in [-0.05, 0) is 56.0 Å². The Labute approximate surface area is 177 Å². The molecule has 5 nitrogen and oxygen atoms in total. The van der Waals surface area contributed by atoms with Crippen LogP contribution in [0.4, 0.5) is 0 Å². The number of nitrogens with zero attached hydrogens (tertiary/aromatic N) is 2. The molecular weight excluding hydrogens is 376 g/mol. The molecule has 5 heteroatoms. The summed E-state index contributed by atoms with van der Waals surface area (Å²) in [6, 6.07) is 15.8. The zero-order chi connectivity index (χ0) is 21.1. The number of rotatable bonds is 5. The fourth-order valence-electron chi connectivity index (χ4n) is 4.34. The Balaban J connectivity index is 1.83. The van der Waals surface area contributed by atoms with Gasteiger partial charge in [-0.2, -0.15) is 0 Å². The monoisotopic (exact) mass is 404 g/mol. The number of ether oxygens (including phenoxy) is 2. The van der Waals surface area contributed by atoms with E-state index in [1.807, 2.05) is 48.5 Å². The molecule has 1 aliphatic rings. The van der Waals surface area contributed by atoms with Gasteiger partial charge in [0.1, 0.15) is 0 Å². The van der Waals surface area contributed by atoms with E-state index in [0.29, 0.717) is 23.1 Å². The number of amides is 1. The summed E-state index contributed by atoms with van der Waals surface area (Å²) in [5.74, 6) is 1.40. The summed E-state index contributed by atoms with van der Waals surface area (Å²) in [7, 11) is 3.23. The van der Waals surface area contributed by atoms with Crippen molar-refractivity contribution in [2.75, 3.05) is 20.8 Å². The Kier molecular flexibility index (Phi) is 5.88. The van der Waals surface area contributed by atoms with Crippen molar-refractivity contribution in [3.05, 3.63) is 54.1 Å². The smallest absolute Gasteiger partial charge is 0.254 e. The molecule has 0 spiro atoms. The van der Waals surface area contributed by atoms with Crippen molar-refractivity contribution in [2.45, 2.75) is 38.6 Å². The van der Waals surface area contributed by atoms with E-state index in [1.54, 1.807) is 14.2 Å². The summed E-state index contributed by atoms with van der Waals surface area (Å²) in [6.07, 6.45) is 4.31. The summed E-state index contributed by atoms with van der Waals surface area (Å²) in [4.78, 5) is 20.5. The molecule has 3 aromatic rings. The minimum atomic E-state index is 0.0990. The fraction of sp³-hybridized carbons (Fsp3) is 0.360. The van der Waals surface area contributed by atoms with Crippen LogP contribution in [0.2, 0.25) is 0 Å². The van der Waals surface area contributed by atoms with Crippen LogP contribution in [0, 0.1) is 0 Å². The Bertz CT molecular complexity index is 1060. The molecule has 0 aliphatic carbocycles. The highest BCUT2D eigenvalue weighted by atomic mass is 16.5. The van der Waals surface area contributed by atoms with E-state index in [9.17, 15) is 4.79 Å². The van der Waals surface area contributed by atoms with E-state index in [-0.39, 0.29) is 5.91 Å². The summed E-state index contributed by atoms with van der Waals surface area (Å²) >= 11 is 0. The first-order valence-electron chi connectivity index (χ1n) is 10.6. The highest BCUT2D eigenvalue weighted by Crippen LogP contribution is 2.34. The quantitative estimate of drug-likeness (QED) is 0.577. The highest BCUT2D eigenvalue weighted by Gasteiger charge is 2.27. The summed E-state index contributed by atoms with van der Waals surface area (Å²) < 4.78 is 10.8. The fourth-order valence-corrected chi connectivity index (χ4v) is 4.34. The first-order chi connectivity index (χ1) is 14.7. The number of pyridine rings is 1. The van der Waals surface area contributed by atoms with Crippen molar-refractivity contribution in [3.63, 3.8) is 0 Å². The largest absolute Gasteiger partial charge is 0.493 e. The zero-order valence-electron chi connectivity index (χ0n) is 17.9. The predicted molar refractivity (Wildman–Crippen MR) is 119 cm³/mol. The van der Waals surface area contributed by atoms with Gasteiger partial charge in [0, 0.05) is 23.5 Å². The number of carbonyl (C=O) groups is 1. The number of aromatic nitrogens is 1. The van der Waals surface area contributed by atoms with Gasteiger partial charge in [-0.15, -0.1) is 0 Å². The summed E-state index contributed by atoms with van der Waals surface area (Å²) in [5, 5.41) is 0.896. The van der Waals surface area contributed by atoms with Crippen LogP contribution < -0.4 is 9.47 Å². The third-order valence-electron chi connectivity index (χ3n) is 5.99. The molecule has 1 saturated heterocycles. The van der Waals surface area contributed by atoms with Gasteiger partial charge in [0.2, 0.25) is 0 Å². The van der Waals surface area contributed by atoms with Crippen LogP contribution >= 0.6 is 0 Å². The van der Waals surface area contributed by atoms with Crippen LogP contribution in [0.1, 0.15) is 43.0 Å². The molecule has 0 N–H and O–H groups in total. The maximum atomic E-state index is 13.6. The second-order valence-electron chi connectivity index (χ2n) is 7.70. The Morgan fingerprint density at radius 3 is 2.63 bits per heavy atom. The molecule has 0 radical (unpaired) electrons. The third kappa shape index (κ3) is 3.72. The second-order valence-corrected chi connectivity index (χ2v) is 7.70. The molecule has 1 aromatic heterocycles. The van der Waals surface area contributed by atoms with Crippen molar-refractivity contribution < 1.29 is 14.3 Å². The highest BCUT2D eigenvalue weighted by molar-refractivity contribution is 6.07. The molecule has 1 unspecified atom stereocenters. The summed E-state index contributed by atoms with van der Waals surface area (Å²) in [6.45, 7) is 2.98. The lowest BCUT2D eigenvalue weighted by atomic mass is 9.97. The average molecular weight is 405 g/mol. The number of para-hydroxylation sites is 1. The van der Waals surface area contributed by atoms with Crippen LogP contribution in [-0.2, 0) is 0 Å². The van der Waals surface area contributed by atoms with E-state index in [1.165, 1.54) is 6.42 Å². The summed E-state index contributed by atoms with van der Waals surface area (Å²) in [5.41, 5.74) is 3.17. The lowest BCUT2D eigenvalue weighted by Gasteiger charge is -2.35. The van der Waals surface area contributed by atoms with Gasteiger partial charge in [0.05, 0.1) is 31.0 Å². The van der Waals surface area contributed by atoms with Crippen molar-refractivity contribution in [1.29, 1.82) is 0 Å². The molecule has 156 valence electrons. The molecule has 0 saturated carbocycles. The molecular formula is C25H28N2O3. The van der Waals surface area contributed by atoms with Gasteiger partial charge in [-0.25, -0.2) is 4.98 Å². The van der Waals surface area contributed by atoms with E-state index in [4.69, 9.17) is 14.5 Å². The Morgan fingerprint density at radius 1 is 1.07 bits per heavy atom. The minimum Gasteiger partial charge on any atom is -0.493 e. The molecule has 1 fully saturated rings. The van der Waals surface area contributed by atoms with Crippen molar-refractivity contribution in [1.82, 2.24) is 9.88 Å². The number of fused-ring (bicyclic) bond motifs is 1. The van der Waals surface area contributed by atoms with Gasteiger partial charge in [0.15, 0.2) is 11.5 Å². The van der Waals surface area contributed by atoms with Crippen LogP contribution in [0.5, 0.6) is 11.5 Å². The standard InChI is InChI=1S/C25H28N2O3/c1-4-18-9-7-8-14-27(18)25(28)20-16-22(26-21-11-6-5-10-19(20)21)17-12-13-23(29-2)24(15-17)30-3/h5-6,10-13,15-16,18H,4,7-9,14H2,1-3H3. The van der Waals surface area contributed by atoms with Gasteiger partial charge < -0.3 is 14.4 Å². The van der Waals surface area contributed by atoms with Gasteiger partial charge in [0.25, 0.3) is 5.91 Å². The third-order valence-corrected chi connectivity index (χ3v) is 5.99. The van der Waals surface area contributed by atoms with Crippen molar-refractivity contribution in [3.8, 4) is 22.8 Å². The number of methoxy groups -OCH3 is 2. The number of benzene rings is 2. The average Bonchev–Trinajstić information content (AvgIpc) is 2.82. The van der Waals surface area contributed by atoms with Crippen LogP contribution in [0.25, 0.3) is 22.2 Å². The SMILES string of the molecule is CCC1CCCCN1C(=O)c1cc(-c2ccc(OC)c(OC)c2)nc2ccccc12. The Hall–Kier alpha value is -3.08. The molecule has 1 atom stereocenters. The second kappa shape index (κ2) is 8.74. The van der Waals surface area contributed by atoms with Crippen molar-refractivity contribution >= 4 is 16.8 Å². The molecule has 0 bridgehead atoms. The molecule has 2 aromatic carbocycles. The normalized spacial score (nSPS) is 16.5. The van der Waals surface area contributed by atoms with E-state index < -0.39 is 0 Å². The molecule has 1 aliphatic heterocycles. The van der Waals surface area contributed by atoms with E-state index >= 15 is 0 Å². The lowest BCUT2D eigenvalue weighted by Crippen LogP contribution is -2.43. The molecule has 4 rings (SSSR count). The van der Waals surface area contributed by atoms with E-state index in [2.05, 4.69) is 11.8 Å². The van der Waals surface area contributed by atoms with Gasteiger partial charge in [-0.3, -0.25) is 4.79 Å². The van der Waals surface area contributed by atoms with Crippen LogP contribution in [0.3, 0.4) is 0 Å². The van der Waals surface area contributed by atoms with Gasteiger partial charge >= 0.3 is 0 Å². The number of carbonyl (C=O) groups excluding carboxylic acids is 1. The molecule has 30 heavy (non-hydrogen) atoms. The Morgan fingerprint density at radius 2 is 1.87 bits per heavy atom. The number of hydrogen-bond acceptors (Lipinski definition) is 4. The predicted octanol–water partition coefficient (Wildman–Crippen LogP) is 5.32.